The summed E-state index contributed by atoms with van der Waals surface area (Å²) in [6.07, 6.45) is 6.51. The van der Waals surface area contributed by atoms with E-state index in [4.69, 9.17) is 4.74 Å². The van der Waals surface area contributed by atoms with Crippen LogP contribution in [0.2, 0.25) is 0 Å². The molecule has 148 valence electrons. The third-order valence-electron chi connectivity index (χ3n) is 4.67. The molecule has 0 saturated carbocycles. The van der Waals surface area contributed by atoms with Gasteiger partial charge in [-0.25, -0.2) is 8.42 Å². The van der Waals surface area contributed by atoms with E-state index in [1.807, 2.05) is 0 Å². The first kappa shape index (κ1) is 19.9. The fourth-order valence-electron chi connectivity index (χ4n) is 3.21. The van der Waals surface area contributed by atoms with Crippen LogP contribution in [0.4, 0.5) is 11.4 Å². The summed E-state index contributed by atoms with van der Waals surface area (Å²) in [4.78, 5) is 12.4. The molecule has 2 aromatic rings. The molecule has 3 rings (SSSR count). The van der Waals surface area contributed by atoms with Crippen molar-refractivity contribution in [2.24, 2.45) is 5.92 Å². The maximum atomic E-state index is 12.9. The summed E-state index contributed by atoms with van der Waals surface area (Å²) in [5.41, 5.74) is 1.39. The van der Waals surface area contributed by atoms with Gasteiger partial charge < -0.3 is 10.1 Å². The second-order valence-corrected chi connectivity index (χ2v) is 8.45. The maximum Gasteiger partial charge on any atom is 0.262 e. The molecule has 0 unspecified atom stereocenters. The molecular weight excluding hydrogens is 376 g/mol. The number of carbonyl (C=O) groups excluding carboxylic acids is 1. The Morgan fingerprint density at radius 3 is 2.71 bits per heavy atom. The van der Waals surface area contributed by atoms with Gasteiger partial charge in [-0.3, -0.25) is 9.52 Å². The quantitative estimate of drug-likeness (QED) is 0.686. The van der Waals surface area contributed by atoms with E-state index in [0.717, 1.165) is 12.8 Å². The lowest BCUT2D eigenvalue weighted by atomic mass is 10.1. The number of carbonyl (C=O) groups is 1. The van der Waals surface area contributed by atoms with Gasteiger partial charge in [0.1, 0.15) is 5.75 Å². The highest BCUT2D eigenvalue weighted by Crippen LogP contribution is 2.28. The molecule has 0 aliphatic heterocycles. The lowest BCUT2D eigenvalue weighted by Crippen LogP contribution is -2.17. The fourth-order valence-corrected chi connectivity index (χ4v) is 4.55. The number of ether oxygens (including phenoxy) is 1. The third-order valence-corrected chi connectivity index (χ3v) is 6.18. The minimum atomic E-state index is -3.85. The fraction of sp³-hybridized carbons (Fsp3) is 0.286. The van der Waals surface area contributed by atoms with Crippen molar-refractivity contribution in [2.45, 2.75) is 31.1 Å². The second-order valence-electron chi connectivity index (χ2n) is 6.80. The molecule has 1 aliphatic carbocycles. The highest BCUT2D eigenvalue weighted by atomic mass is 32.2. The van der Waals surface area contributed by atoms with Crippen LogP contribution in [0.25, 0.3) is 0 Å². The van der Waals surface area contributed by atoms with E-state index in [1.165, 1.54) is 13.2 Å². The molecule has 2 aromatic carbocycles. The predicted molar refractivity (Wildman–Crippen MR) is 110 cm³/mol. The smallest absolute Gasteiger partial charge is 0.262 e. The second kappa shape index (κ2) is 8.48. The van der Waals surface area contributed by atoms with Gasteiger partial charge in [0.25, 0.3) is 10.0 Å². The molecule has 2 N–H and O–H groups in total. The van der Waals surface area contributed by atoms with Crippen molar-refractivity contribution in [3.63, 3.8) is 0 Å². The van der Waals surface area contributed by atoms with Crippen LogP contribution in [-0.2, 0) is 14.8 Å². The van der Waals surface area contributed by atoms with Crippen LogP contribution >= 0.6 is 0 Å². The molecule has 0 bridgehead atoms. The maximum absolute atomic E-state index is 12.9. The van der Waals surface area contributed by atoms with E-state index in [1.54, 1.807) is 43.3 Å². The Morgan fingerprint density at radius 1 is 1.21 bits per heavy atom. The van der Waals surface area contributed by atoms with Crippen molar-refractivity contribution in [1.82, 2.24) is 0 Å². The number of anilines is 2. The van der Waals surface area contributed by atoms with Gasteiger partial charge in [0.05, 0.1) is 17.7 Å². The molecule has 1 aliphatic rings. The number of sulfonamides is 1. The number of nitrogens with one attached hydrogen (secondary N) is 2. The number of methoxy groups -OCH3 is 1. The zero-order chi connectivity index (χ0) is 20.1. The van der Waals surface area contributed by atoms with E-state index in [-0.39, 0.29) is 16.7 Å². The SMILES string of the molecule is COc1ccccc1NS(=O)(=O)c1cc(NC(=O)C[C@@H]2C=CCC2)ccc1C. The lowest BCUT2D eigenvalue weighted by Gasteiger charge is -2.15. The zero-order valence-corrected chi connectivity index (χ0v) is 16.8. The van der Waals surface area contributed by atoms with Crippen molar-refractivity contribution in [2.75, 3.05) is 17.1 Å². The standard InChI is InChI=1S/C21H24N2O4S/c1-15-11-12-17(22-21(24)13-16-7-3-4-8-16)14-20(15)28(25,26)23-18-9-5-6-10-19(18)27-2/h3,5-7,9-12,14,16,23H,4,8,13H2,1-2H3,(H,22,24)/t16-/m1/s1. The monoisotopic (exact) mass is 400 g/mol. The predicted octanol–water partition coefficient (Wildman–Crippen LogP) is 4.10. The first-order valence-corrected chi connectivity index (χ1v) is 10.6. The van der Waals surface area contributed by atoms with Crippen molar-refractivity contribution in [1.29, 1.82) is 0 Å². The summed E-state index contributed by atoms with van der Waals surface area (Å²) in [5, 5.41) is 2.81. The van der Waals surface area contributed by atoms with Crippen molar-refractivity contribution in [3.05, 3.63) is 60.2 Å². The third kappa shape index (κ3) is 4.72. The van der Waals surface area contributed by atoms with E-state index in [0.29, 0.717) is 29.1 Å². The number of aryl methyl sites for hydroxylation is 1. The minimum absolute atomic E-state index is 0.108. The normalized spacial score (nSPS) is 16.0. The van der Waals surface area contributed by atoms with Gasteiger partial charge in [0.15, 0.2) is 0 Å². The highest BCUT2D eigenvalue weighted by Gasteiger charge is 2.20. The Morgan fingerprint density at radius 2 is 2.00 bits per heavy atom. The Kier molecular flexibility index (Phi) is 6.04. The van der Waals surface area contributed by atoms with Crippen LogP contribution < -0.4 is 14.8 Å². The van der Waals surface area contributed by atoms with Gasteiger partial charge in [-0.15, -0.1) is 0 Å². The first-order chi connectivity index (χ1) is 13.4. The number of amides is 1. The number of hydrogen-bond acceptors (Lipinski definition) is 4. The van der Waals surface area contributed by atoms with Gasteiger partial charge in [-0.1, -0.05) is 30.4 Å². The summed E-state index contributed by atoms with van der Waals surface area (Å²) < 4.78 is 33.6. The molecule has 0 saturated heterocycles. The highest BCUT2D eigenvalue weighted by molar-refractivity contribution is 7.92. The van der Waals surface area contributed by atoms with Gasteiger partial charge in [0, 0.05) is 12.1 Å². The molecule has 0 spiro atoms. The Hall–Kier alpha value is -2.80. The van der Waals surface area contributed by atoms with Gasteiger partial charge in [-0.2, -0.15) is 0 Å². The average molecular weight is 401 g/mol. The molecule has 6 nitrogen and oxygen atoms in total. The summed E-state index contributed by atoms with van der Waals surface area (Å²) in [5.74, 6) is 0.556. The van der Waals surface area contributed by atoms with Crippen LogP contribution in [0.5, 0.6) is 5.75 Å². The number of hydrogen-bond donors (Lipinski definition) is 2. The van der Waals surface area contributed by atoms with E-state index in [9.17, 15) is 13.2 Å². The molecule has 0 radical (unpaired) electrons. The summed E-state index contributed by atoms with van der Waals surface area (Å²) >= 11 is 0. The Balaban J connectivity index is 1.79. The minimum Gasteiger partial charge on any atom is -0.495 e. The summed E-state index contributed by atoms with van der Waals surface area (Å²) in [6.45, 7) is 1.71. The first-order valence-electron chi connectivity index (χ1n) is 9.12. The van der Waals surface area contributed by atoms with Gasteiger partial charge in [-0.05, 0) is 55.5 Å². The van der Waals surface area contributed by atoms with E-state index in [2.05, 4.69) is 22.2 Å². The molecule has 0 fully saturated rings. The Labute approximate surface area is 165 Å². The summed E-state index contributed by atoms with van der Waals surface area (Å²) in [7, 11) is -2.37. The molecule has 0 aromatic heterocycles. The van der Waals surface area contributed by atoms with E-state index >= 15 is 0 Å². The van der Waals surface area contributed by atoms with Crippen LogP contribution in [0.3, 0.4) is 0 Å². The molecule has 28 heavy (non-hydrogen) atoms. The van der Waals surface area contributed by atoms with Crippen molar-refractivity contribution >= 4 is 27.3 Å². The van der Waals surface area contributed by atoms with Crippen molar-refractivity contribution in [3.8, 4) is 5.75 Å². The van der Waals surface area contributed by atoms with Crippen LogP contribution in [0, 0.1) is 12.8 Å². The molecule has 1 atom stereocenters. The molecule has 1 amide bonds. The number of allylic oxidation sites excluding steroid dienone is 2. The zero-order valence-electron chi connectivity index (χ0n) is 15.9. The largest absolute Gasteiger partial charge is 0.495 e. The lowest BCUT2D eigenvalue weighted by molar-refractivity contribution is -0.116. The average Bonchev–Trinajstić information content (AvgIpc) is 3.16. The van der Waals surface area contributed by atoms with Gasteiger partial charge in [0.2, 0.25) is 5.91 Å². The number of benzene rings is 2. The molecular formula is C21H24N2O4S. The van der Waals surface area contributed by atoms with Crippen LogP contribution in [-0.4, -0.2) is 21.4 Å². The Bertz CT molecular complexity index is 999. The summed E-state index contributed by atoms with van der Waals surface area (Å²) in [6, 6.07) is 11.7. The van der Waals surface area contributed by atoms with Crippen molar-refractivity contribution < 1.29 is 17.9 Å². The van der Waals surface area contributed by atoms with Crippen LogP contribution in [0.1, 0.15) is 24.8 Å². The van der Waals surface area contributed by atoms with E-state index < -0.39 is 10.0 Å². The number of rotatable bonds is 7. The topological polar surface area (TPSA) is 84.5 Å². The van der Waals surface area contributed by atoms with Crippen LogP contribution in [0.15, 0.2) is 59.5 Å². The molecule has 0 heterocycles. The van der Waals surface area contributed by atoms with Gasteiger partial charge >= 0.3 is 0 Å². The molecule has 7 heteroatoms. The number of para-hydroxylation sites is 2.